The van der Waals surface area contributed by atoms with Crippen molar-refractivity contribution < 1.29 is 9.84 Å². The molecule has 0 aliphatic carbocycles. The molecule has 0 spiro atoms. The zero-order valence-electron chi connectivity index (χ0n) is 9.77. The summed E-state index contributed by atoms with van der Waals surface area (Å²) in [6.45, 7) is 4.79. The normalized spacial score (nSPS) is 29.3. The molecule has 1 saturated heterocycles. The molecule has 2 atom stereocenters. The minimum Gasteiger partial charge on any atom is -0.494 e. The van der Waals surface area contributed by atoms with Crippen LogP contribution in [0.15, 0.2) is 24.3 Å². The van der Waals surface area contributed by atoms with Gasteiger partial charge >= 0.3 is 0 Å². The number of ether oxygens (including phenoxy) is 1. The van der Waals surface area contributed by atoms with Crippen LogP contribution in [0.2, 0.25) is 0 Å². The largest absolute Gasteiger partial charge is 0.494 e. The third kappa shape index (κ3) is 2.36. The van der Waals surface area contributed by atoms with Gasteiger partial charge < -0.3 is 9.84 Å². The molecule has 1 fully saturated rings. The second-order valence-corrected chi connectivity index (χ2v) is 5.74. The molecule has 0 saturated carbocycles. The second kappa shape index (κ2) is 4.68. The van der Waals surface area contributed by atoms with Crippen molar-refractivity contribution >= 4 is 11.8 Å². The number of hydrogen-bond donors (Lipinski definition) is 1. The molecule has 0 amide bonds. The molecule has 3 heteroatoms. The van der Waals surface area contributed by atoms with Gasteiger partial charge in [-0.1, -0.05) is 19.1 Å². The smallest absolute Gasteiger partial charge is 0.119 e. The van der Waals surface area contributed by atoms with Crippen molar-refractivity contribution in [3.8, 4) is 5.75 Å². The summed E-state index contributed by atoms with van der Waals surface area (Å²) < 4.78 is 5.46. The van der Waals surface area contributed by atoms with E-state index in [1.54, 1.807) is 0 Å². The van der Waals surface area contributed by atoms with Crippen LogP contribution in [0.3, 0.4) is 0 Å². The molecule has 1 N–H and O–H groups in total. The maximum atomic E-state index is 10.5. The Hall–Kier alpha value is -0.670. The molecule has 2 unspecified atom stereocenters. The summed E-state index contributed by atoms with van der Waals surface area (Å²) >= 11 is 1.83. The minimum absolute atomic E-state index is 0.528. The Labute approximate surface area is 101 Å². The first kappa shape index (κ1) is 11.8. The second-order valence-electron chi connectivity index (χ2n) is 4.32. The summed E-state index contributed by atoms with van der Waals surface area (Å²) in [5.74, 6) is 1.63. The quantitative estimate of drug-likeness (QED) is 0.878. The van der Waals surface area contributed by atoms with Gasteiger partial charge in [-0.15, -0.1) is 0 Å². The van der Waals surface area contributed by atoms with E-state index < -0.39 is 5.60 Å². The summed E-state index contributed by atoms with van der Waals surface area (Å²) in [5.41, 5.74) is 0.312. The first-order chi connectivity index (χ1) is 7.64. The standard InChI is InChI=1S/C13H18O2S/c1-3-15-12-6-4-5-11(7-12)13(14)8-10(2)16-9-13/h4-7,10,14H,3,8-9H2,1-2H3. The highest BCUT2D eigenvalue weighted by Gasteiger charge is 2.37. The van der Waals surface area contributed by atoms with Crippen LogP contribution in [-0.4, -0.2) is 22.7 Å². The first-order valence-corrected chi connectivity index (χ1v) is 6.76. The van der Waals surface area contributed by atoms with E-state index >= 15 is 0 Å². The summed E-state index contributed by atoms with van der Waals surface area (Å²) in [5, 5.41) is 11.1. The molecule has 1 aliphatic rings. The van der Waals surface area contributed by atoms with Crippen LogP contribution in [0, 0.1) is 0 Å². The van der Waals surface area contributed by atoms with E-state index in [0.717, 1.165) is 23.5 Å². The van der Waals surface area contributed by atoms with Crippen molar-refractivity contribution in [2.24, 2.45) is 0 Å². The average molecular weight is 238 g/mol. The van der Waals surface area contributed by atoms with Gasteiger partial charge in [0.15, 0.2) is 0 Å². The fourth-order valence-electron chi connectivity index (χ4n) is 2.12. The van der Waals surface area contributed by atoms with Crippen molar-refractivity contribution in [2.75, 3.05) is 12.4 Å². The molecule has 1 aliphatic heterocycles. The lowest BCUT2D eigenvalue weighted by Gasteiger charge is -2.22. The molecular formula is C13H18O2S. The number of thioether (sulfide) groups is 1. The van der Waals surface area contributed by atoms with Gasteiger partial charge in [0.05, 0.1) is 12.2 Å². The van der Waals surface area contributed by atoms with Crippen molar-refractivity contribution in [2.45, 2.75) is 31.1 Å². The lowest BCUT2D eigenvalue weighted by molar-refractivity contribution is 0.0609. The van der Waals surface area contributed by atoms with E-state index in [-0.39, 0.29) is 0 Å². The van der Waals surface area contributed by atoms with Crippen LogP contribution in [0.4, 0.5) is 0 Å². The third-order valence-corrected chi connectivity index (χ3v) is 4.29. The lowest BCUT2D eigenvalue weighted by Crippen LogP contribution is -2.25. The molecule has 1 aromatic carbocycles. The SMILES string of the molecule is CCOc1cccc(C2(O)CSC(C)C2)c1. The predicted octanol–water partition coefficient (Wildman–Crippen LogP) is 2.80. The first-order valence-electron chi connectivity index (χ1n) is 5.71. The van der Waals surface area contributed by atoms with Crippen molar-refractivity contribution in [3.63, 3.8) is 0 Å². The van der Waals surface area contributed by atoms with Gasteiger partial charge in [-0.05, 0) is 31.0 Å². The van der Waals surface area contributed by atoms with Crippen LogP contribution in [-0.2, 0) is 5.60 Å². The van der Waals surface area contributed by atoms with Gasteiger partial charge in [-0.3, -0.25) is 0 Å². The summed E-state index contributed by atoms with van der Waals surface area (Å²) in [4.78, 5) is 0. The summed E-state index contributed by atoms with van der Waals surface area (Å²) in [7, 11) is 0. The van der Waals surface area contributed by atoms with Crippen LogP contribution in [0.1, 0.15) is 25.8 Å². The van der Waals surface area contributed by atoms with E-state index in [1.807, 2.05) is 43.0 Å². The zero-order valence-corrected chi connectivity index (χ0v) is 10.6. The monoisotopic (exact) mass is 238 g/mol. The van der Waals surface area contributed by atoms with Crippen molar-refractivity contribution in [3.05, 3.63) is 29.8 Å². The summed E-state index contributed by atoms with van der Waals surface area (Å²) in [6, 6.07) is 7.83. The van der Waals surface area contributed by atoms with Gasteiger partial charge in [0.1, 0.15) is 5.75 Å². The molecule has 0 bridgehead atoms. The maximum Gasteiger partial charge on any atom is 0.119 e. The molecule has 2 rings (SSSR count). The Bertz CT molecular complexity index is 367. The van der Waals surface area contributed by atoms with Gasteiger partial charge in [0, 0.05) is 11.0 Å². The zero-order chi connectivity index (χ0) is 11.6. The highest BCUT2D eigenvalue weighted by molar-refractivity contribution is 8.00. The fraction of sp³-hybridized carbons (Fsp3) is 0.538. The Balaban J connectivity index is 2.22. The van der Waals surface area contributed by atoms with Crippen LogP contribution in [0.5, 0.6) is 5.75 Å². The molecule has 0 aromatic heterocycles. The predicted molar refractivity (Wildman–Crippen MR) is 68.0 cm³/mol. The molecule has 2 nitrogen and oxygen atoms in total. The van der Waals surface area contributed by atoms with Crippen LogP contribution in [0.25, 0.3) is 0 Å². The molecule has 0 radical (unpaired) electrons. The van der Waals surface area contributed by atoms with Gasteiger partial charge in [0.2, 0.25) is 0 Å². The number of hydrogen-bond acceptors (Lipinski definition) is 3. The van der Waals surface area contributed by atoms with Gasteiger partial charge in [0.25, 0.3) is 0 Å². The van der Waals surface area contributed by atoms with Crippen molar-refractivity contribution in [1.29, 1.82) is 0 Å². The number of rotatable bonds is 3. The van der Waals surface area contributed by atoms with Gasteiger partial charge in [-0.25, -0.2) is 0 Å². The van der Waals surface area contributed by atoms with E-state index in [4.69, 9.17) is 4.74 Å². The van der Waals surface area contributed by atoms with E-state index in [1.165, 1.54) is 0 Å². The van der Waals surface area contributed by atoms with E-state index in [2.05, 4.69) is 6.92 Å². The molecule has 16 heavy (non-hydrogen) atoms. The van der Waals surface area contributed by atoms with Crippen LogP contribution < -0.4 is 4.74 Å². The topological polar surface area (TPSA) is 29.5 Å². The fourth-order valence-corrected chi connectivity index (χ4v) is 3.36. The highest BCUT2D eigenvalue weighted by Crippen LogP contribution is 2.41. The Morgan fingerprint density at radius 1 is 1.56 bits per heavy atom. The van der Waals surface area contributed by atoms with Gasteiger partial charge in [-0.2, -0.15) is 11.8 Å². The third-order valence-electron chi connectivity index (χ3n) is 2.91. The average Bonchev–Trinajstić information content (AvgIpc) is 2.61. The Morgan fingerprint density at radius 3 is 3.00 bits per heavy atom. The molecule has 1 aromatic rings. The molecule has 1 heterocycles. The maximum absolute atomic E-state index is 10.5. The van der Waals surface area contributed by atoms with Crippen molar-refractivity contribution in [1.82, 2.24) is 0 Å². The molecule has 88 valence electrons. The Kier molecular flexibility index (Phi) is 3.45. The summed E-state index contributed by atoms with van der Waals surface area (Å²) in [6.07, 6.45) is 0.827. The lowest BCUT2D eigenvalue weighted by atomic mass is 9.91. The molecular weight excluding hydrogens is 220 g/mol. The van der Waals surface area contributed by atoms with E-state index in [9.17, 15) is 5.11 Å². The highest BCUT2D eigenvalue weighted by atomic mass is 32.2. The Morgan fingerprint density at radius 2 is 2.38 bits per heavy atom. The van der Waals surface area contributed by atoms with E-state index in [0.29, 0.717) is 11.9 Å². The van der Waals surface area contributed by atoms with Crippen LogP contribution >= 0.6 is 11.8 Å². The number of benzene rings is 1. The minimum atomic E-state index is -0.669. The number of aliphatic hydroxyl groups is 1.